The molecule has 1 saturated heterocycles. The molecular formula is C9H21Cl2N2NaO3. The fourth-order valence-electron chi connectivity index (χ4n) is 1.65. The summed E-state index contributed by atoms with van der Waals surface area (Å²) in [6.07, 6.45) is 2.78. The van der Waals surface area contributed by atoms with Crippen molar-refractivity contribution in [1.82, 2.24) is 4.90 Å². The second-order valence-corrected chi connectivity index (χ2v) is 4.12. The van der Waals surface area contributed by atoms with Gasteiger partial charge >= 0.3 is 29.6 Å². The van der Waals surface area contributed by atoms with Crippen LogP contribution in [0.3, 0.4) is 0 Å². The van der Waals surface area contributed by atoms with E-state index in [0.29, 0.717) is 5.54 Å². The van der Waals surface area contributed by atoms with E-state index in [4.69, 9.17) is 14.2 Å². The Balaban J connectivity index is -0.000000106. The van der Waals surface area contributed by atoms with Gasteiger partial charge in [-0.25, -0.2) is 11.9 Å². The summed E-state index contributed by atoms with van der Waals surface area (Å²) >= 11 is 7.03. The maximum Gasteiger partial charge on any atom is 1.00 e. The van der Waals surface area contributed by atoms with Crippen LogP contribution in [0.5, 0.6) is 0 Å². The standard InChI is InChI=1S/C9H19N.ClHO.ClO.HNO.Na/c1-8-6-5-7-10(4)9(8,2)3;3*1-2;/h8H,5-7H2,1-4H3;2H;;1H;/q;;-1;;+1. The summed E-state index contributed by atoms with van der Waals surface area (Å²) in [5.74, 6) is 0.853. The van der Waals surface area contributed by atoms with Gasteiger partial charge in [0.2, 0.25) is 0 Å². The van der Waals surface area contributed by atoms with E-state index in [0.717, 1.165) is 5.92 Å². The van der Waals surface area contributed by atoms with Crippen LogP contribution in [0, 0.1) is 16.4 Å². The van der Waals surface area contributed by atoms with Crippen LogP contribution >= 0.6 is 23.7 Å². The molecule has 0 amide bonds. The smallest absolute Gasteiger partial charge is 0.769 e. The van der Waals surface area contributed by atoms with Gasteiger partial charge in [-0.2, -0.15) is 4.91 Å². The summed E-state index contributed by atoms with van der Waals surface area (Å²) < 4.78 is 14.2. The number of halogens is 2. The minimum Gasteiger partial charge on any atom is -0.769 e. The number of nitrogens with one attached hydrogen (secondary N) is 1. The Bertz CT molecular complexity index is 144. The Hall–Kier alpha value is 1.06. The molecule has 1 heterocycles. The molecule has 17 heavy (non-hydrogen) atoms. The summed E-state index contributed by atoms with van der Waals surface area (Å²) in [6, 6.07) is 0. The van der Waals surface area contributed by atoms with Crippen molar-refractivity contribution in [3.05, 3.63) is 4.91 Å². The van der Waals surface area contributed by atoms with Gasteiger partial charge in [-0.15, -0.1) is 0 Å². The second-order valence-electron chi connectivity index (χ2n) is 4.12. The number of nitrogens with zero attached hydrogens (tertiary/aromatic N) is 1. The van der Waals surface area contributed by atoms with Gasteiger partial charge in [-0.1, -0.05) is 12.5 Å². The Morgan fingerprint density at radius 3 is 1.94 bits per heavy atom. The largest absolute Gasteiger partial charge is 1.00 e. The number of nitroso groups, excluding NO2 is 1. The molecule has 0 bridgehead atoms. The minimum absolute atomic E-state index is 0. The summed E-state index contributed by atoms with van der Waals surface area (Å²) in [5, 5.41) is 0. The molecule has 1 fully saturated rings. The van der Waals surface area contributed by atoms with Crippen molar-refractivity contribution < 1.29 is 38.9 Å². The van der Waals surface area contributed by atoms with Crippen LogP contribution in [0.1, 0.15) is 33.6 Å². The van der Waals surface area contributed by atoms with Gasteiger partial charge in [-0.05, 0) is 46.2 Å². The summed E-state index contributed by atoms with van der Waals surface area (Å²) in [4.78, 5) is 9.97. The summed E-state index contributed by atoms with van der Waals surface area (Å²) in [5.41, 5.74) is 4.93. The van der Waals surface area contributed by atoms with Gasteiger partial charge in [0, 0.05) is 5.54 Å². The van der Waals surface area contributed by atoms with E-state index in [1.54, 1.807) is 0 Å². The molecule has 0 aromatic carbocycles. The third kappa shape index (κ3) is 10.7. The van der Waals surface area contributed by atoms with Gasteiger partial charge in [0.05, 0.1) is 11.9 Å². The van der Waals surface area contributed by atoms with Gasteiger partial charge in [0.15, 0.2) is 0 Å². The number of hydrogen-bond acceptors (Lipinski definition) is 5. The molecule has 0 aromatic heterocycles. The van der Waals surface area contributed by atoms with Crippen LogP contribution < -0.4 is 34.2 Å². The topological polar surface area (TPSA) is 87.5 Å². The van der Waals surface area contributed by atoms with E-state index < -0.39 is 0 Å². The SMILES string of the molecule is CC1CCCN(C)C1(C)C.N=O.OCl.[Na+].[O-]Cl. The Morgan fingerprint density at radius 2 is 1.71 bits per heavy atom. The van der Waals surface area contributed by atoms with Crippen LogP contribution in [-0.4, -0.2) is 28.7 Å². The van der Waals surface area contributed by atoms with E-state index in [1.807, 2.05) is 0 Å². The summed E-state index contributed by atoms with van der Waals surface area (Å²) in [6.45, 7) is 8.32. The third-order valence-electron chi connectivity index (χ3n) is 3.32. The molecule has 8 heteroatoms. The van der Waals surface area contributed by atoms with E-state index in [9.17, 15) is 0 Å². The minimum atomic E-state index is 0. The molecular weight excluding hydrogens is 278 g/mol. The molecule has 1 aliphatic rings. The zero-order valence-electron chi connectivity index (χ0n) is 11.2. The van der Waals surface area contributed by atoms with Crippen molar-refractivity contribution in [3.8, 4) is 0 Å². The van der Waals surface area contributed by atoms with Crippen molar-refractivity contribution in [2.24, 2.45) is 5.92 Å². The molecule has 5 nitrogen and oxygen atoms in total. The number of piperidine rings is 1. The Kier molecular flexibility index (Phi) is 26.7. The second kappa shape index (κ2) is 17.1. The monoisotopic (exact) mass is 298 g/mol. The molecule has 1 aliphatic heterocycles. The zero-order valence-corrected chi connectivity index (χ0v) is 14.7. The molecule has 1 rings (SSSR count). The normalized spacial score (nSPS) is 21.1. The number of rotatable bonds is 0. The predicted octanol–water partition coefficient (Wildman–Crippen LogP) is -0.905. The van der Waals surface area contributed by atoms with Crippen LogP contribution in [0.15, 0.2) is 0 Å². The van der Waals surface area contributed by atoms with Crippen molar-refractivity contribution in [2.45, 2.75) is 39.2 Å². The molecule has 1 unspecified atom stereocenters. The molecule has 0 spiro atoms. The Morgan fingerprint density at radius 1 is 1.35 bits per heavy atom. The van der Waals surface area contributed by atoms with Crippen LogP contribution in [-0.2, 0) is 0 Å². The van der Waals surface area contributed by atoms with Crippen molar-refractivity contribution >= 4 is 23.7 Å². The molecule has 1 atom stereocenters. The first-order valence-electron chi connectivity index (χ1n) is 4.79. The van der Waals surface area contributed by atoms with Gasteiger partial charge in [0.25, 0.3) is 0 Å². The average Bonchev–Trinajstić information content (AvgIpc) is 2.34. The van der Waals surface area contributed by atoms with Crippen molar-refractivity contribution in [1.29, 1.82) is 5.59 Å². The summed E-state index contributed by atoms with van der Waals surface area (Å²) in [7, 11) is 2.23. The first-order valence-corrected chi connectivity index (χ1v) is 5.44. The molecule has 0 radical (unpaired) electrons. The quantitative estimate of drug-likeness (QED) is 0.448. The fraction of sp³-hybridized carbons (Fsp3) is 1.00. The van der Waals surface area contributed by atoms with E-state index in [1.165, 1.54) is 19.4 Å². The maximum absolute atomic E-state index is 7.72. The van der Waals surface area contributed by atoms with Crippen LogP contribution in [0.25, 0.3) is 0 Å². The van der Waals surface area contributed by atoms with Gasteiger partial charge < -0.3 is 9.56 Å². The van der Waals surface area contributed by atoms with Crippen molar-refractivity contribution in [2.75, 3.05) is 13.6 Å². The first-order chi connectivity index (χ1) is 7.55. The van der Waals surface area contributed by atoms with E-state index in [2.05, 4.69) is 62.0 Å². The van der Waals surface area contributed by atoms with E-state index >= 15 is 0 Å². The van der Waals surface area contributed by atoms with Gasteiger partial charge in [-0.3, -0.25) is 4.66 Å². The third-order valence-corrected chi connectivity index (χ3v) is 3.32. The number of likely N-dealkylation sites (tertiary alicyclic amines) is 1. The average molecular weight is 299 g/mol. The molecule has 0 aliphatic carbocycles. The van der Waals surface area contributed by atoms with Gasteiger partial charge in [0.1, 0.15) is 0 Å². The Labute approximate surface area is 136 Å². The molecule has 0 saturated carbocycles. The molecule has 0 aromatic rings. The maximum atomic E-state index is 7.72. The number of hydrogen-bond donors (Lipinski definition) is 2. The van der Waals surface area contributed by atoms with Crippen LogP contribution in [0.2, 0.25) is 0 Å². The predicted molar refractivity (Wildman–Crippen MR) is 65.1 cm³/mol. The fourth-order valence-corrected chi connectivity index (χ4v) is 1.65. The van der Waals surface area contributed by atoms with E-state index in [-0.39, 0.29) is 29.6 Å². The molecule has 2 N–H and O–H groups in total. The molecule has 100 valence electrons. The van der Waals surface area contributed by atoms with Crippen molar-refractivity contribution in [3.63, 3.8) is 0 Å². The first kappa shape index (κ1) is 26.6. The zero-order chi connectivity index (χ0) is 13.8. The van der Waals surface area contributed by atoms with Crippen LogP contribution in [0.4, 0.5) is 0 Å².